The van der Waals surface area contributed by atoms with Gasteiger partial charge in [0.15, 0.2) is 0 Å². The van der Waals surface area contributed by atoms with Crippen molar-refractivity contribution in [1.29, 1.82) is 0 Å². The largest absolute Gasteiger partial charge is 0.399 e. The maximum Gasteiger partial charge on any atom is 0.231 e. The number of benzene rings is 2. The van der Waals surface area contributed by atoms with Crippen molar-refractivity contribution in [3.05, 3.63) is 60.0 Å². The van der Waals surface area contributed by atoms with Crippen molar-refractivity contribution < 1.29 is 4.52 Å². The zero-order valence-electron chi connectivity index (χ0n) is 11.6. The fraction of sp³-hybridized carbons (Fsp3) is 0.125. The number of rotatable bonds is 4. The van der Waals surface area contributed by atoms with Gasteiger partial charge in [-0.25, -0.2) is 0 Å². The Morgan fingerprint density at radius 2 is 1.95 bits per heavy atom. The number of hydrogen-bond donors (Lipinski definition) is 1. The van der Waals surface area contributed by atoms with E-state index >= 15 is 0 Å². The smallest absolute Gasteiger partial charge is 0.231 e. The highest BCUT2D eigenvalue weighted by Gasteiger charge is 2.09. The first-order chi connectivity index (χ1) is 10.2. The number of aromatic nitrogens is 2. The van der Waals surface area contributed by atoms with Crippen LogP contribution in [0.3, 0.4) is 0 Å². The summed E-state index contributed by atoms with van der Waals surface area (Å²) < 4.78 is 5.31. The molecule has 2 N–H and O–H groups in total. The second-order valence-electron chi connectivity index (χ2n) is 4.66. The summed E-state index contributed by atoms with van der Waals surface area (Å²) in [6.45, 7) is 0. The van der Waals surface area contributed by atoms with Gasteiger partial charge in [-0.15, -0.1) is 11.8 Å². The molecule has 0 bridgehead atoms. The van der Waals surface area contributed by atoms with E-state index in [1.807, 2.05) is 54.8 Å². The molecule has 2 aromatic carbocycles. The second-order valence-corrected chi connectivity index (χ2v) is 5.54. The van der Waals surface area contributed by atoms with Gasteiger partial charge in [0, 0.05) is 16.1 Å². The molecular weight excluding hydrogens is 282 g/mol. The summed E-state index contributed by atoms with van der Waals surface area (Å²) in [5, 5.41) is 4.04. The van der Waals surface area contributed by atoms with E-state index in [-0.39, 0.29) is 0 Å². The maximum absolute atomic E-state index is 5.77. The molecule has 0 spiro atoms. The lowest BCUT2D eigenvalue weighted by molar-refractivity contribution is 0.386. The van der Waals surface area contributed by atoms with E-state index in [1.165, 1.54) is 4.90 Å². The molecule has 1 aromatic heterocycles. The Morgan fingerprint density at radius 3 is 2.67 bits per heavy atom. The molecule has 0 radical (unpaired) electrons. The molecule has 3 rings (SSSR count). The SMILES string of the molecule is CSc1ccc(-c2noc(Cc3cccc(N)c3)n2)cc1. The van der Waals surface area contributed by atoms with Crippen LogP contribution >= 0.6 is 11.8 Å². The standard InChI is InChI=1S/C16H15N3OS/c1-21-14-7-5-12(6-8-14)16-18-15(20-19-16)10-11-3-2-4-13(17)9-11/h2-9H,10,17H2,1H3. The average molecular weight is 297 g/mol. The van der Waals surface area contributed by atoms with Gasteiger partial charge in [0.2, 0.25) is 11.7 Å². The molecule has 0 aliphatic carbocycles. The molecular formula is C16H15N3OS. The molecule has 4 nitrogen and oxygen atoms in total. The lowest BCUT2D eigenvalue weighted by Gasteiger charge is -1.98. The summed E-state index contributed by atoms with van der Waals surface area (Å²) in [5.74, 6) is 1.20. The van der Waals surface area contributed by atoms with Crippen LogP contribution in [0.5, 0.6) is 0 Å². The van der Waals surface area contributed by atoms with Crippen LogP contribution in [0.2, 0.25) is 0 Å². The molecule has 0 amide bonds. The van der Waals surface area contributed by atoms with Gasteiger partial charge >= 0.3 is 0 Å². The van der Waals surface area contributed by atoms with Crippen LogP contribution in [0.15, 0.2) is 57.9 Å². The number of nitrogen functional groups attached to an aromatic ring is 1. The van der Waals surface area contributed by atoms with Gasteiger partial charge in [0.05, 0.1) is 6.42 Å². The van der Waals surface area contributed by atoms with Gasteiger partial charge in [0.1, 0.15) is 0 Å². The van der Waals surface area contributed by atoms with Crippen LogP contribution in [-0.4, -0.2) is 16.4 Å². The fourth-order valence-electron chi connectivity index (χ4n) is 2.06. The van der Waals surface area contributed by atoms with E-state index in [1.54, 1.807) is 11.8 Å². The maximum atomic E-state index is 5.77. The predicted molar refractivity (Wildman–Crippen MR) is 85.2 cm³/mol. The zero-order chi connectivity index (χ0) is 14.7. The van der Waals surface area contributed by atoms with E-state index in [9.17, 15) is 0 Å². The Balaban J connectivity index is 1.79. The first-order valence-electron chi connectivity index (χ1n) is 6.56. The molecule has 106 valence electrons. The minimum atomic E-state index is 0.584. The third-order valence-electron chi connectivity index (χ3n) is 3.12. The zero-order valence-corrected chi connectivity index (χ0v) is 12.4. The Hall–Kier alpha value is -2.27. The van der Waals surface area contributed by atoms with Crippen LogP contribution < -0.4 is 5.73 Å². The number of anilines is 1. The Morgan fingerprint density at radius 1 is 1.14 bits per heavy atom. The van der Waals surface area contributed by atoms with Gasteiger partial charge in [-0.3, -0.25) is 0 Å². The van der Waals surface area contributed by atoms with Gasteiger partial charge in [0.25, 0.3) is 0 Å². The third kappa shape index (κ3) is 3.25. The van der Waals surface area contributed by atoms with Gasteiger partial charge < -0.3 is 10.3 Å². The van der Waals surface area contributed by atoms with E-state index < -0.39 is 0 Å². The normalized spacial score (nSPS) is 10.7. The fourth-order valence-corrected chi connectivity index (χ4v) is 2.47. The highest BCUT2D eigenvalue weighted by atomic mass is 32.2. The topological polar surface area (TPSA) is 64.9 Å². The minimum Gasteiger partial charge on any atom is -0.399 e. The summed E-state index contributed by atoms with van der Waals surface area (Å²) in [5.41, 5.74) is 8.52. The molecule has 3 aromatic rings. The number of nitrogens with zero attached hydrogens (tertiary/aromatic N) is 2. The van der Waals surface area contributed by atoms with Crippen molar-refractivity contribution in [3.63, 3.8) is 0 Å². The van der Waals surface area contributed by atoms with E-state index in [4.69, 9.17) is 10.3 Å². The van der Waals surface area contributed by atoms with Crippen molar-refractivity contribution >= 4 is 17.4 Å². The predicted octanol–water partition coefficient (Wildman–Crippen LogP) is 3.63. The van der Waals surface area contributed by atoms with Crippen LogP contribution in [-0.2, 0) is 6.42 Å². The molecule has 0 atom stereocenters. The quantitative estimate of drug-likeness (QED) is 0.588. The van der Waals surface area contributed by atoms with Crippen molar-refractivity contribution in [2.45, 2.75) is 11.3 Å². The summed E-state index contributed by atoms with van der Waals surface area (Å²) >= 11 is 1.70. The summed E-state index contributed by atoms with van der Waals surface area (Å²) in [4.78, 5) is 5.65. The lowest BCUT2D eigenvalue weighted by Crippen LogP contribution is -1.91. The van der Waals surface area contributed by atoms with Gasteiger partial charge in [-0.2, -0.15) is 4.98 Å². The molecule has 0 saturated heterocycles. The minimum absolute atomic E-state index is 0.584. The van der Waals surface area contributed by atoms with Gasteiger partial charge in [-0.05, 0) is 48.2 Å². The molecule has 0 saturated carbocycles. The molecule has 0 aliphatic heterocycles. The van der Waals surface area contributed by atoms with Crippen LogP contribution in [0, 0.1) is 0 Å². The monoisotopic (exact) mass is 297 g/mol. The van der Waals surface area contributed by atoms with Crippen LogP contribution in [0.25, 0.3) is 11.4 Å². The molecule has 0 unspecified atom stereocenters. The van der Waals surface area contributed by atoms with Crippen molar-refractivity contribution in [2.24, 2.45) is 0 Å². The number of hydrogen-bond acceptors (Lipinski definition) is 5. The molecule has 1 heterocycles. The van der Waals surface area contributed by atoms with Gasteiger partial charge in [-0.1, -0.05) is 17.3 Å². The average Bonchev–Trinajstić information content (AvgIpc) is 2.96. The van der Waals surface area contributed by atoms with E-state index in [2.05, 4.69) is 10.1 Å². The first kappa shape index (κ1) is 13.7. The number of thioether (sulfide) groups is 1. The van der Waals surface area contributed by atoms with Crippen molar-refractivity contribution in [2.75, 3.05) is 12.0 Å². The summed E-state index contributed by atoms with van der Waals surface area (Å²) in [6.07, 6.45) is 2.63. The second kappa shape index (κ2) is 6.01. The van der Waals surface area contributed by atoms with Crippen molar-refractivity contribution in [3.8, 4) is 11.4 Å². The Kier molecular flexibility index (Phi) is 3.92. The molecule has 5 heteroatoms. The van der Waals surface area contributed by atoms with E-state index in [0.717, 1.165) is 16.8 Å². The van der Waals surface area contributed by atoms with E-state index in [0.29, 0.717) is 18.1 Å². The molecule has 21 heavy (non-hydrogen) atoms. The number of nitrogens with two attached hydrogens (primary N) is 1. The highest BCUT2D eigenvalue weighted by molar-refractivity contribution is 7.98. The summed E-state index contributed by atoms with van der Waals surface area (Å²) in [6, 6.07) is 15.8. The first-order valence-corrected chi connectivity index (χ1v) is 7.78. The summed E-state index contributed by atoms with van der Waals surface area (Å²) in [7, 11) is 0. The molecule has 0 aliphatic rings. The Bertz CT molecular complexity index is 737. The highest BCUT2D eigenvalue weighted by Crippen LogP contribution is 2.21. The third-order valence-corrected chi connectivity index (χ3v) is 3.87. The van der Waals surface area contributed by atoms with Crippen LogP contribution in [0.4, 0.5) is 5.69 Å². The molecule has 0 fully saturated rings. The Labute approximate surface area is 127 Å². The van der Waals surface area contributed by atoms with Crippen molar-refractivity contribution in [1.82, 2.24) is 10.1 Å². The lowest BCUT2D eigenvalue weighted by atomic mass is 10.1. The van der Waals surface area contributed by atoms with Crippen LogP contribution in [0.1, 0.15) is 11.5 Å².